The molecule has 1 aliphatic carbocycles. The molecule has 0 spiro atoms. The van der Waals surface area contributed by atoms with E-state index in [-0.39, 0.29) is 11.8 Å². The van der Waals surface area contributed by atoms with Gasteiger partial charge in [-0.2, -0.15) is 5.10 Å². The van der Waals surface area contributed by atoms with Crippen molar-refractivity contribution in [1.29, 1.82) is 0 Å². The van der Waals surface area contributed by atoms with E-state index in [1.165, 1.54) is 5.56 Å². The van der Waals surface area contributed by atoms with E-state index in [4.69, 9.17) is 5.73 Å². The van der Waals surface area contributed by atoms with E-state index in [9.17, 15) is 4.79 Å². The average molecular weight is 278 g/mol. The molecule has 0 aromatic carbocycles. The number of amides is 1. The molecular formula is C15H26N4O. The van der Waals surface area contributed by atoms with Gasteiger partial charge in [0.2, 0.25) is 5.91 Å². The van der Waals surface area contributed by atoms with Crippen LogP contribution in [0.5, 0.6) is 0 Å². The number of aryl methyl sites for hydroxylation is 2. The first-order chi connectivity index (χ1) is 9.70. The second-order valence-corrected chi connectivity index (χ2v) is 5.87. The van der Waals surface area contributed by atoms with Crippen molar-refractivity contribution in [2.75, 3.05) is 13.1 Å². The van der Waals surface area contributed by atoms with Gasteiger partial charge < -0.3 is 11.1 Å². The van der Waals surface area contributed by atoms with Crippen molar-refractivity contribution in [1.82, 2.24) is 15.5 Å². The average Bonchev–Trinajstić information content (AvgIpc) is 2.89. The van der Waals surface area contributed by atoms with E-state index < -0.39 is 0 Å². The number of nitrogens with two attached hydrogens (primary N) is 1. The first-order valence-corrected chi connectivity index (χ1v) is 7.67. The smallest absolute Gasteiger partial charge is 0.223 e. The van der Waals surface area contributed by atoms with Crippen LogP contribution in [0.4, 0.5) is 0 Å². The van der Waals surface area contributed by atoms with Crippen LogP contribution in [0.15, 0.2) is 6.20 Å². The van der Waals surface area contributed by atoms with Crippen molar-refractivity contribution >= 4 is 5.91 Å². The summed E-state index contributed by atoms with van der Waals surface area (Å²) in [6, 6.07) is 0. The summed E-state index contributed by atoms with van der Waals surface area (Å²) in [5.74, 6) is 1.06. The quantitative estimate of drug-likeness (QED) is 0.690. The summed E-state index contributed by atoms with van der Waals surface area (Å²) < 4.78 is 0. The highest BCUT2D eigenvalue weighted by atomic mass is 16.1. The lowest BCUT2D eigenvalue weighted by molar-refractivity contribution is -0.126. The molecule has 4 N–H and O–H groups in total. The largest absolute Gasteiger partial charge is 0.356 e. The predicted molar refractivity (Wildman–Crippen MR) is 79.2 cm³/mol. The van der Waals surface area contributed by atoms with Crippen molar-refractivity contribution < 1.29 is 4.79 Å². The number of nitrogens with one attached hydrogen (secondary N) is 2. The van der Waals surface area contributed by atoms with Gasteiger partial charge in [0.05, 0.1) is 6.20 Å². The van der Waals surface area contributed by atoms with Gasteiger partial charge in [-0.05, 0) is 63.5 Å². The van der Waals surface area contributed by atoms with Gasteiger partial charge in [-0.15, -0.1) is 0 Å². The third-order valence-corrected chi connectivity index (χ3v) is 4.41. The second-order valence-electron chi connectivity index (χ2n) is 5.87. The summed E-state index contributed by atoms with van der Waals surface area (Å²) in [6.07, 6.45) is 7.98. The highest BCUT2D eigenvalue weighted by molar-refractivity contribution is 5.78. The van der Waals surface area contributed by atoms with Gasteiger partial charge in [0.1, 0.15) is 0 Å². The minimum absolute atomic E-state index is 0.202. The number of hydrogen-bond donors (Lipinski definition) is 3. The number of carbonyl (C=O) groups excluding carboxylic acids is 1. The fourth-order valence-electron chi connectivity index (χ4n) is 2.92. The van der Waals surface area contributed by atoms with E-state index in [1.54, 1.807) is 0 Å². The molecule has 0 aliphatic heterocycles. The Kier molecular flexibility index (Phi) is 5.59. The van der Waals surface area contributed by atoms with Crippen molar-refractivity contribution in [3.63, 3.8) is 0 Å². The maximum absolute atomic E-state index is 12.1. The Morgan fingerprint density at radius 1 is 1.45 bits per heavy atom. The van der Waals surface area contributed by atoms with Gasteiger partial charge in [-0.1, -0.05) is 0 Å². The van der Waals surface area contributed by atoms with Crippen LogP contribution in [-0.4, -0.2) is 29.2 Å². The number of carbonyl (C=O) groups is 1. The molecule has 112 valence electrons. The first kappa shape index (κ1) is 15.0. The van der Waals surface area contributed by atoms with Crippen molar-refractivity contribution in [2.24, 2.45) is 17.6 Å². The maximum Gasteiger partial charge on any atom is 0.223 e. The summed E-state index contributed by atoms with van der Waals surface area (Å²) in [6.45, 7) is 3.54. The SMILES string of the molecule is Cc1[nH]ncc1CCCNC(=O)C1CCC(CN)CC1. The molecule has 1 aromatic rings. The van der Waals surface area contributed by atoms with E-state index in [1.807, 2.05) is 13.1 Å². The van der Waals surface area contributed by atoms with Crippen LogP contribution < -0.4 is 11.1 Å². The van der Waals surface area contributed by atoms with Crippen LogP contribution >= 0.6 is 0 Å². The number of aromatic amines is 1. The molecule has 2 rings (SSSR count). The molecule has 1 fully saturated rings. The zero-order valence-electron chi connectivity index (χ0n) is 12.3. The first-order valence-electron chi connectivity index (χ1n) is 7.67. The highest BCUT2D eigenvalue weighted by Crippen LogP contribution is 2.28. The molecule has 1 heterocycles. The van der Waals surface area contributed by atoms with E-state index in [0.29, 0.717) is 5.92 Å². The molecule has 0 atom stereocenters. The Balaban J connectivity index is 1.62. The van der Waals surface area contributed by atoms with E-state index in [2.05, 4.69) is 15.5 Å². The van der Waals surface area contributed by atoms with Crippen LogP contribution in [0.3, 0.4) is 0 Å². The second kappa shape index (κ2) is 7.43. The van der Waals surface area contributed by atoms with Crippen LogP contribution in [0, 0.1) is 18.8 Å². The summed E-state index contributed by atoms with van der Waals surface area (Å²) >= 11 is 0. The molecule has 5 heteroatoms. The summed E-state index contributed by atoms with van der Waals surface area (Å²) in [4.78, 5) is 12.1. The summed E-state index contributed by atoms with van der Waals surface area (Å²) in [5.41, 5.74) is 8.03. The Hall–Kier alpha value is -1.36. The summed E-state index contributed by atoms with van der Waals surface area (Å²) in [5, 5.41) is 10.00. The minimum Gasteiger partial charge on any atom is -0.356 e. The molecular weight excluding hydrogens is 252 g/mol. The topological polar surface area (TPSA) is 83.8 Å². The van der Waals surface area contributed by atoms with E-state index >= 15 is 0 Å². The van der Waals surface area contributed by atoms with Crippen LogP contribution in [0.25, 0.3) is 0 Å². The fraction of sp³-hybridized carbons (Fsp3) is 0.733. The van der Waals surface area contributed by atoms with Crippen LogP contribution in [0.2, 0.25) is 0 Å². The maximum atomic E-state index is 12.1. The third kappa shape index (κ3) is 4.07. The highest BCUT2D eigenvalue weighted by Gasteiger charge is 2.25. The Morgan fingerprint density at radius 2 is 2.20 bits per heavy atom. The van der Waals surface area contributed by atoms with Gasteiger partial charge in [-0.3, -0.25) is 9.89 Å². The Labute approximate surface area is 120 Å². The lowest BCUT2D eigenvalue weighted by Gasteiger charge is -2.26. The number of hydrogen-bond acceptors (Lipinski definition) is 3. The van der Waals surface area contributed by atoms with E-state index in [0.717, 1.165) is 57.3 Å². The van der Waals surface area contributed by atoms with Gasteiger partial charge in [0.15, 0.2) is 0 Å². The molecule has 1 saturated carbocycles. The Bertz CT molecular complexity index is 421. The normalized spacial score (nSPS) is 22.7. The molecule has 5 nitrogen and oxygen atoms in total. The van der Waals surface area contributed by atoms with Gasteiger partial charge in [0.25, 0.3) is 0 Å². The third-order valence-electron chi connectivity index (χ3n) is 4.41. The number of rotatable bonds is 6. The molecule has 0 saturated heterocycles. The molecule has 0 radical (unpaired) electrons. The monoisotopic (exact) mass is 278 g/mol. The zero-order chi connectivity index (χ0) is 14.4. The van der Waals surface area contributed by atoms with Crippen LogP contribution in [0.1, 0.15) is 43.4 Å². The number of aromatic nitrogens is 2. The molecule has 0 bridgehead atoms. The number of H-pyrrole nitrogens is 1. The fourth-order valence-corrected chi connectivity index (χ4v) is 2.92. The molecule has 0 unspecified atom stereocenters. The standard InChI is InChI=1S/C15H26N4O/c1-11-14(10-18-19-11)3-2-8-17-15(20)13-6-4-12(9-16)5-7-13/h10,12-13H,2-9,16H2,1H3,(H,17,20)(H,18,19). The predicted octanol–water partition coefficient (Wildman–Crippen LogP) is 1.53. The molecule has 1 aromatic heterocycles. The van der Waals surface area contributed by atoms with Gasteiger partial charge >= 0.3 is 0 Å². The molecule has 20 heavy (non-hydrogen) atoms. The minimum atomic E-state index is 0.202. The van der Waals surface area contributed by atoms with Gasteiger partial charge in [0, 0.05) is 18.2 Å². The van der Waals surface area contributed by atoms with Crippen molar-refractivity contribution in [3.05, 3.63) is 17.5 Å². The zero-order valence-corrected chi connectivity index (χ0v) is 12.3. The lowest BCUT2D eigenvalue weighted by Crippen LogP contribution is -2.34. The molecule has 1 amide bonds. The lowest BCUT2D eigenvalue weighted by atomic mass is 9.81. The van der Waals surface area contributed by atoms with Gasteiger partial charge in [-0.25, -0.2) is 0 Å². The van der Waals surface area contributed by atoms with Crippen LogP contribution in [-0.2, 0) is 11.2 Å². The Morgan fingerprint density at radius 3 is 2.80 bits per heavy atom. The number of nitrogens with zero attached hydrogens (tertiary/aromatic N) is 1. The van der Waals surface area contributed by atoms with Crippen molar-refractivity contribution in [3.8, 4) is 0 Å². The summed E-state index contributed by atoms with van der Waals surface area (Å²) in [7, 11) is 0. The molecule has 1 aliphatic rings. The van der Waals surface area contributed by atoms with Crippen molar-refractivity contribution in [2.45, 2.75) is 45.4 Å².